The molecule has 0 aliphatic heterocycles. The van der Waals surface area contributed by atoms with Gasteiger partial charge in [-0.1, -0.05) is 12.1 Å². The molecule has 0 bridgehead atoms. The lowest BCUT2D eigenvalue weighted by Crippen LogP contribution is -2.36. The summed E-state index contributed by atoms with van der Waals surface area (Å²) in [6.07, 6.45) is 4.00. The second kappa shape index (κ2) is 8.59. The van der Waals surface area contributed by atoms with E-state index in [4.69, 9.17) is 9.88 Å². The van der Waals surface area contributed by atoms with E-state index in [0.717, 1.165) is 12.0 Å². The molecule has 0 aliphatic rings. The van der Waals surface area contributed by atoms with Gasteiger partial charge in [-0.3, -0.25) is 9.78 Å². The molecule has 2 rings (SSSR count). The van der Waals surface area contributed by atoms with Gasteiger partial charge < -0.3 is 10.1 Å². The maximum absolute atomic E-state index is 12.0. The summed E-state index contributed by atoms with van der Waals surface area (Å²) in [7, 11) is -3.67. The minimum Gasteiger partial charge on any atom is -0.479 e. The molecule has 0 radical (unpaired) electrons. The van der Waals surface area contributed by atoms with Crippen molar-refractivity contribution in [3.8, 4) is 5.75 Å². The maximum Gasteiger partial charge on any atom is 0.260 e. The number of sulfonamides is 1. The van der Waals surface area contributed by atoms with Crippen LogP contribution in [0.2, 0.25) is 0 Å². The van der Waals surface area contributed by atoms with Crippen LogP contribution in [0, 0.1) is 0 Å². The first-order chi connectivity index (χ1) is 11.9. The summed E-state index contributed by atoms with van der Waals surface area (Å²) in [4.78, 5) is 16.0. The van der Waals surface area contributed by atoms with E-state index in [2.05, 4.69) is 10.3 Å². The van der Waals surface area contributed by atoms with E-state index in [9.17, 15) is 13.2 Å². The van der Waals surface area contributed by atoms with Crippen LogP contribution < -0.4 is 15.2 Å². The lowest BCUT2D eigenvalue weighted by molar-refractivity contribution is -0.127. The van der Waals surface area contributed by atoms with Crippen molar-refractivity contribution in [3.63, 3.8) is 0 Å². The minimum absolute atomic E-state index is 0.0888. The van der Waals surface area contributed by atoms with Gasteiger partial charge >= 0.3 is 0 Å². The molecule has 3 N–H and O–H groups in total. The van der Waals surface area contributed by atoms with Gasteiger partial charge in [-0.05, 0) is 49.6 Å². The molecule has 1 unspecified atom stereocenters. The number of carbonyl (C=O) groups excluding carboxylic acids is 1. The molecule has 0 spiro atoms. The van der Waals surface area contributed by atoms with Crippen molar-refractivity contribution in [3.05, 3.63) is 54.4 Å². The van der Waals surface area contributed by atoms with Crippen LogP contribution in [0.25, 0.3) is 0 Å². The molecule has 1 amide bonds. The molecule has 2 aromatic rings. The van der Waals surface area contributed by atoms with Gasteiger partial charge in [-0.15, -0.1) is 0 Å². The summed E-state index contributed by atoms with van der Waals surface area (Å²) >= 11 is 0. The van der Waals surface area contributed by atoms with E-state index >= 15 is 0 Å². The Kier molecular flexibility index (Phi) is 6.49. The average Bonchev–Trinajstić information content (AvgIpc) is 2.59. The molecule has 1 heterocycles. The Labute approximate surface area is 147 Å². The van der Waals surface area contributed by atoms with E-state index in [1.165, 1.54) is 12.1 Å². The van der Waals surface area contributed by atoms with Crippen LogP contribution in [0.1, 0.15) is 18.9 Å². The summed E-state index contributed by atoms with van der Waals surface area (Å²) in [5.41, 5.74) is 0.973. The van der Waals surface area contributed by atoms with Gasteiger partial charge in [0.2, 0.25) is 10.0 Å². The zero-order valence-corrected chi connectivity index (χ0v) is 14.7. The SMILES string of the molecule is CC(Oc1cccnc1)C(=O)NCCCc1ccc(S(N)(=O)=O)cc1. The van der Waals surface area contributed by atoms with Crippen molar-refractivity contribution in [2.45, 2.75) is 30.8 Å². The Morgan fingerprint density at radius 1 is 1.28 bits per heavy atom. The van der Waals surface area contributed by atoms with Crippen LogP contribution >= 0.6 is 0 Å². The summed E-state index contributed by atoms with van der Waals surface area (Å²) in [6, 6.07) is 9.87. The molecule has 7 nitrogen and oxygen atoms in total. The number of benzene rings is 1. The van der Waals surface area contributed by atoms with Crippen LogP contribution in [0.5, 0.6) is 5.75 Å². The Morgan fingerprint density at radius 3 is 2.60 bits per heavy atom. The lowest BCUT2D eigenvalue weighted by Gasteiger charge is -2.14. The predicted molar refractivity (Wildman–Crippen MR) is 93.5 cm³/mol. The number of ether oxygens (including phenoxy) is 1. The fourth-order valence-corrected chi connectivity index (χ4v) is 2.68. The van der Waals surface area contributed by atoms with E-state index in [1.807, 2.05) is 0 Å². The fraction of sp³-hybridized carbons (Fsp3) is 0.294. The molecule has 25 heavy (non-hydrogen) atoms. The summed E-state index contributed by atoms with van der Waals surface area (Å²) < 4.78 is 27.9. The van der Waals surface area contributed by atoms with Crippen molar-refractivity contribution < 1.29 is 17.9 Å². The van der Waals surface area contributed by atoms with E-state index in [-0.39, 0.29) is 10.8 Å². The number of primary sulfonamides is 1. The minimum atomic E-state index is -3.67. The number of rotatable bonds is 8. The highest BCUT2D eigenvalue weighted by Gasteiger charge is 2.14. The van der Waals surface area contributed by atoms with Crippen molar-refractivity contribution in [1.29, 1.82) is 0 Å². The molecule has 0 saturated carbocycles. The highest BCUT2D eigenvalue weighted by molar-refractivity contribution is 7.89. The highest BCUT2D eigenvalue weighted by Crippen LogP contribution is 2.11. The molecule has 1 aromatic carbocycles. The second-order valence-electron chi connectivity index (χ2n) is 5.53. The molecule has 1 aromatic heterocycles. The molecule has 134 valence electrons. The van der Waals surface area contributed by atoms with Gasteiger partial charge in [0.15, 0.2) is 6.10 Å². The number of hydrogen-bond acceptors (Lipinski definition) is 5. The Bertz CT molecular complexity index is 792. The number of aryl methyl sites for hydroxylation is 1. The van der Waals surface area contributed by atoms with Crippen LogP contribution in [-0.2, 0) is 21.2 Å². The fourth-order valence-electron chi connectivity index (χ4n) is 2.17. The number of carbonyl (C=O) groups is 1. The van der Waals surface area contributed by atoms with Crippen LogP contribution in [0.4, 0.5) is 0 Å². The molecular weight excluding hydrogens is 342 g/mol. The van der Waals surface area contributed by atoms with Gasteiger partial charge in [0.05, 0.1) is 11.1 Å². The summed E-state index contributed by atoms with van der Waals surface area (Å²) in [5.74, 6) is 0.341. The van der Waals surface area contributed by atoms with Gasteiger partial charge in [0.1, 0.15) is 5.75 Å². The molecule has 0 aliphatic carbocycles. The van der Waals surface area contributed by atoms with Crippen molar-refractivity contribution in [1.82, 2.24) is 10.3 Å². The van der Waals surface area contributed by atoms with Gasteiger partial charge in [-0.25, -0.2) is 13.6 Å². The quantitative estimate of drug-likeness (QED) is 0.686. The third-order valence-corrected chi connectivity index (χ3v) is 4.44. The van der Waals surface area contributed by atoms with Gasteiger partial charge in [0.25, 0.3) is 5.91 Å². The van der Waals surface area contributed by atoms with E-state index < -0.39 is 16.1 Å². The number of aromatic nitrogens is 1. The van der Waals surface area contributed by atoms with Crippen molar-refractivity contribution >= 4 is 15.9 Å². The normalized spacial score (nSPS) is 12.4. The van der Waals surface area contributed by atoms with Crippen molar-refractivity contribution in [2.75, 3.05) is 6.54 Å². The summed E-state index contributed by atoms with van der Waals surface area (Å²) in [5, 5.41) is 7.86. The summed E-state index contributed by atoms with van der Waals surface area (Å²) in [6.45, 7) is 2.17. The first-order valence-electron chi connectivity index (χ1n) is 7.82. The van der Waals surface area contributed by atoms with Crippen molar-refractivity contribution in [2.24, 2.45) is 5.14 Å². The zero-order chi connectivity index (χ0) is 18.3. The average molecular weight is 363 g/mol. The number of amides is 1. The van der Waals surface area contributed by atoms with Crippen LogP contribution in [0.15, 0.2) is 53.7 Å². The van der Waals surface area contributed by atoms with Crippen LogP contribution in [-0.4, -0.2) is 32.0 Å². The number of nitrogens with one attached hydrogen (secondary N) is 1. The molecular formula is C17H21N3O4S. The van der Waals surface area contributed by atoms with E-state index in [0.29, 0.717) is 18.7 Å². The number of nitrogens with zero attached hydrogens (tertiary/aromatic N) is 1. The molecule has 8 heteroatoms. The third-order valence-electron chi connectivity index (χ3n) is 3.51. The molecule has 0 fully saturated rings. The number of nitrogens with two attached hydrogens (primary N) is 1. The zero-order valence-electron chi connectivity index (χ0n) is 13.9. The second-order valence-corrected chi connectivity index (χ2v) is 7.09. The van der Waals surface area contributed by atoms with Gasteiger partial charge in [-0.2, -0.15) is 0 Å². The highest BCUT2D eigenvalue weighted by atomic mass is 32.2. The third kappa shape index (κ3) is 6.17. The maximum atomic E-state index is 12.0. The van der Waals surface area contributed by atoms with E-state index in [1.54, 1.807) is 43.6 Å². The Morgan fingerprint density at radius 2 is 2.00 bits per heavy atom. The number of hydrogen-bond donors (Lipinski definition) is 2. The number of pyridine rings is 1. The molecule has 1 atom stereocenters. The standard InChI is InChI=1S/C17H21N3O4S/c1-13(24-15-5-3-10-19-12-15)17(21)20-11-2-4-14-6-8-16(9-7-14)25(18,22)23/h3,5-10,12-13H,2,4,11H2,1H3,(H,20,21)(H2,18,22,23). The predicted octanol–water partition coefficient (Wildman–Crippen LogP) is 1.25. The smallest absolute Gasteiger partial charge is 0.260 e. The first kappa shape index (κ1) is 18.9. The first-order valence-corrected chi connectivity index (χ1v) is 9.37. The molecule has 0 saturated heterocycles. The monoisotopic (exact) mass is 363 g/mol. The Balaban J connectivity index is 1.72. The van der Waals surface area contributed by atoms with Gasteiger partial charge in [0, 0.05) is 12.7 Å². The Hall–Kier alpha value is -2.45. The lowest BCUT2D eigenvalue weighted by atomic mass is 10.1. The van der Waals surface area contributed by atoms with Crippen LogP contribution in [0.3, 0.4) is 0 Å². The largest absolute Gasteiger partial charge is 0.479 e. The topological polar surface area (TPSA) is 111 Å².